The Morgan fingerprint density at radius 1 is 1.11 bits per heavy atom. The monoisotopic (exact) mass is 526 g/mol. The van der Waals surface area contributed by atoms with Crippen LogP contribution >= 0.6 is 0 Å². The Labute approximate surface area is 218 Å². The Morgan fingerprint density at radius 2 is 1.82 bits per heavy atom. The molecular formula is C28H30O10. The van der Waals surface area contributed by atoms with Gasteiger partial charge in [-0.2, -0.15) is 0 Å². The van der Waals surface area contributed by atoms with E-state index in [2.05, 4.69) is 6.58 Å². The van der Waals surface area contributed by atoms with Crippen LogP contribution in [0.4, 0.5) is 0 Å². The first-order chi connectivity index (χ1) is 17.6. The highest BCUT2D eigenvalue weighted by molar-refractivity contribution is 6.01. The molecule has 4 bridgehead atoms. The molecular weight excluding hydrogens is 496 g/mol. The Kier molecular flexibility index (Phi) is 4.20. The van der Waals surface area contributed by atoms with Crippen LogP contribution in [0.15, 0.2) is 36.0 Å². The molecule has 7 aliphatic rings. The highest BCUT2D eigenvalue weighted by Gasteiger charge is 2.92. The van der Waals surface area contributed by atoms with Gasteiger partial charge >= 0.3 is 11.9 Å². The predicted molar refractivity (Wildman–Crippen MR) is 126 cm³/mol. The van der Waals surface area contributed by atoms with Crippen molar-refractivity contribution < 1.29 is 48.7 Å². The molecule has 0 amide bonds. The first-order valence-corrected chi connectivity index (χ1v) is 13.1. The van der Waals surface area contributed by atoms with E-state index in [1.54, 1.807) is 26.0 Å². The van der Waals surface area contributed by atoms with Crippen molar-refractivity contribution in [2.24, 2.45) is 28.6 Å². The van der Waals surface area contributed by atoms with Gasteiger partial charge in [0.1, 0.15) is 11.9 Å². The van der Waals surface area contributed by atoms with Gasteiger partial charge in [0.2, 0.25) is 5.79 Å². The summed E-state index contributed by atoms with van der Waals surface area (Å²) in [6.45, 7) is 8.65. The van der Waals surface area contributed by atoms with Gasteiger partial charge in [-0.25, -0.2) is 9.59 Å². The molecule has 3 N–H and O–H groups in total. The number of aliphatic hydroxyl groups is 3. The fourth-order valence-electron chi connectivity index (χ4n) is 9.23. The van der Waals surface area contributed by atoms with Crippen molar-refractivity contribution in [2.75, 3.05) is 0 Å². The number of carbonyl (C=O) groups excluding carboxylic acids is 4. The topological polar surface area (TPSA) is 157 Å². The Hall–Kier alpha value is -2.66. The first kappa shape index (κ1) is 24.4. The average Bonchev–Trinajstić information content (AvgIpc) is 3.19. The summed E-state index contributed by atoms with van der Waals surface area (Å²) < 4.78 is 17.8. The summed E-state index contributed by atoms with van der Waals surface area (Å²) in [6, 6.07) is 0. The highest BCUT2D eigenvalue weighted by atomic mass is 16.7. The molecule has 4 aliphatic heterocycles. The number of allylic oxidation sites excluding steroid dienone is 3. The van der Waals surface area contributed by atoms with Crippen molar-refractivity contribution in [3.05, 3.63) is 36.0 Å². The van der Waals surface area contributed by atoms with Crippen LogP contribution in [0.5, 0.6) is 0 Å². The number of hydrogen-bond acceptors (Lipinski definition) is 10. The van der Waals surface area contributed by atoms with Gasteiger partial charge in [-0.1, -0.05) is 31.7 Å². The maximum Gasteiger partial charge on any atom is 0.342 e. The second-order valence-electron chi connectivity index (χ2n) is 12.7. The molecule has 7 rings (SSSR count). The summed E-state index contributed by atoms with van der Waals surface area (Å²) in [7, 11) is 0. The Morgan fingerprint density at radius 3 is 2.53 bits per heavy atom. The first-order valence-electron chi connectivity index (χ1n) is 13.1. The highest BCUT2D eigenvalue weighted by Crippen LogP contribution is 2.73. The minimum Gasteiger partial charge on any atom is -0.455 e. The third kappa shape index (κ3) is 2.15. The fraction of sp³-hybridized carbons (Fsp3) is 0.643. The van der Waals surface area contributed by atoms with Crippen LogP contribution in [0.1, 0.15) is 46.5 Å². The number of Topliss-reactive ketones (excluding diaryl/α,β-unsaturated/α-hetero) is 2. The van der Waals surface area contributed by atoms with Crippen LogP contribution in [0.25, 0.3) is 0 Å². The van der Waals surface area contributed by atoms with Gasteiger partial charge in [0, 0.05) is 17.4 Å². The summed E-state index contributed by atoms with van der Waals surface area (Å²) in [6.07, 6.45) is 2.35. The summed E-state index contributed by atoms with van der Waals surface area (Å²) in [5.74, 6) is -9.17. The van der Waals surface area contributed by atoms with E-state index in [4.69, 9.17) is 14.2 Å². The molecule has 3 aliphatic carbocycles. The molecule has 0 radical (unpaired) electrons. The maximum absolute atomic E-state index is 14.6. The van der Waals surface area contributed by atoms with Crippen LogP contribution in [-0.4, -0.2) is 73.6 Å². The number of esters is 2. The molecule has 38 heavy (non-hydrogen) atoms. The smallest absolute Gasteiger partial charge is 0.342 e. The Balaban J connectivity index is 1.53. The lowest BCUT2D eigenvalue weighted by Gasteiger charge is -2.60. The second-order valence-corrected chi connectivity index (χ2v) is 12.7. The van der Waals surface area contributed by atoms with E-state index >= 15 is 0 Å². The lowest BCUT2D eigenvalue weighted by Crippen LogP contribution is -2.77. The van der Waals surface area contributed by atoms with Gasteiger partial charge in [-0.3, -0.25) is 9.59 Å². The van der Waals surface area contributed by atoms with E-state index in [0.29, 0.717) is 5.57 Å². The third-order valence-corrected chi connectivity index (χ3v) is 11.3. The van der Waals surface area contributed by atoms with E-state index < -0.39 is 81.1 Å². The number of ketones is 2. The molecule has 1 saturated carbocycles. The van der Waals surface area contributed by atoms with E-state index in [-0.39, 0.29) is 37.0 Å². The molecule has 4 heterocycles. The average molecular weight is 527 g/mol. The second kappa shape index (κ2) is 6.55. The van der Waals surface area contributed by atoms with Crippen molar-refractivity contribution in [1.29, 1.82) is 0 Å². The molecule has 0 aromatic rings. The predicted octanol–water partition coefficient (Wildman–Crippen LogP) is 0.430. The molecule has 5 fully saturated rings. The fourth-order valence-corrected chi connectivity index (χ4v) is 9.23. The van der Waals surface area contributed by atoms with Crippen LogP contribution < -0.4 is 0 Å². The number of ether oxygens (including phenoxy) is 3. The van der Waals surface area contributed by atoms with E-state index in [0.717, 1.165) is 0 Å². The molecule has 10 nitrogen and oxygen atoms in total. The standard InChI is InChI=1S/C28H30O10/c1-12-21(32)36-17-11-23(12,2)19-20(31)27(35)18-14(24(3)13(10-15(18)29)6-5-7-16(24)30)8-9-26(34)22(33)37-25(17,4)28(19,26)38-27/h5-6,10,14-15,17-19,29,34-35H,1,7-9,11H2,2-4H3/t14-,15+,17+,18-,19-,23+,24-,25-,26-,27+,28+/m0/s1. The van der Waals surface area contributed by atoms with Crippen molar-refractivity contribution in [3.8, 4) is 0 Å². The van der Waals surface area contributed by atoms with Gasteiger partial charge in [0.25, 0.3) is 0 Å². The normalized spacial score (nSPS) is 56.2. The number of fused-ring (bicyclic) bond motifs is 9. The molecule has 1 spiro atoms. The molecule has 0 aromatic heterocycles. The SMILES string of the molecule is C=C1C(=O)O[C@@H]2C[C@@]1(C)[C@@H]1C(=O)[C@]3(O)O[C@@]14[C@@]2(C)OC(=O)[C@@]4(O)CC[C@H]1[C@H]3[C@H](O)C=C2C=CCC(=O)[C@@]21C. The van der Waals surface area contributed by atoms with Gasteiger partial charge < -0.3 is 29.5 Å². The molecule has 202 valence electrons. The molecule has 4 saturated heterocycles. The molecule has 10 heteroatoms. The van der Waals surface area contributed by atoms with Crippen molar-refractivity contribution in [2.45, 2.75) is 81.3 Å². The molecule has 0 aromatic carbocycles. The summed E-state index contributed by atoms with van der Waals surface area (Å²) >= 11 is 0. The van der Waals surface area contributed by atoms with Crippen molar-refractivity contribution in [1.82, 2.24) is 0 Å². The minimum atomic E-state index is -2.71. The van der Waals surface area contributed by atoms with Crippen molar-refractivity contribution in [3.63, 3.8) is 0 Å². The third-order valence-electron chi connectivity index (χ3n) is 11.3. The van der Waals surface area contributed by atoms with Gasteiger partial charge in [-0.05, 0) is 44.6 Å². The number of carbonyl (C=O) groups is 4. The summed E-state index contributed by atoms with van der Waals surface area (Å²) in [4.78, 5) is 54.4. The minimum absolute atomic E-state index is 0.00631. The van der Waals surface area contributed by atoms with E-state index in [1.807, 2.05) is 0 Å². The van der Waals surface area contributed by atoms with E-state index in [9.17, 15) is 34.5 Å². The zero-order valence-electron chi connectivity index (χ0n) is 21.4. The Bertz CT molecular complexity index is 1350. The molecule has 0 unspecified atom stereocenters. The lowest BCUT2D eigenvalue weighted by atomic mass is 9.47. The zero-order chi connectivity index (χ0) is 27.4. The zero-order valence-corrected chi connectivity index (χ0v) is 21.4. The lowest BCUT2D eigenvalue weighted by molar-refractivity contribution is -0.344. The van der Waals surface area contributed by atoms with Crippen LogP contribution in [0.2, 0.25) is 0 Å². The molecule has 11 atom stereocenters. The number of hydrogen-bond donors (Lipinski definition) is 3. The van der Waals surface area contributed by atoms with E-state index in [1.165, 1.54) is 13.0 Å². The van der Waals surface area contributed by atoms with Gasteiger partial charge in [0.05, 0.1) is 23.4 Å². The van der Waals surface area contributed by atoms with Gasteiger partial charge in [-0.15, -0.1) is 0 Å². The van der Waals surface area contributed by atoms with Crippen LogP contribution in [0, 0.1) is 28.6 Å². The number of aliphatic hydroxyl groups excluding tert-OH is 1. The van der Waals surface area contributed by atoms with Gasteiger partial charge in [0.15, 0.2) is 22.6 Å². The number of rotatable bonds is 0. The van der Waals surface area contributed by atoms with Crippen LogP contribution in [0.3, 0.4) is 0 Å². The van der Waals surface area contributed by atoms with Crippen LogP contribution in [-0.2, 0) is 33.4 Å². The largest absolute Gasteiger partial charge is 0.455 e. The summed E-state index contributed by atoms with van der Waals surface area (Å²) in [5, 5.41) is 36.0. The maximum atomic E-state index is 14.6. The summed E-state index contributed by atoms with van der Waals surface area (Å²) in [5.41, 5.74) is -8.43. The quantitative estimate of drug-likeness (QED) is 0.299. The van der Waals surface area contributed by atoms with Crippen molar-refractivity contribution >= 4 is 23.5 Å².